The Morgan fingerprint density at radius 3 is 2.57 bits per heavy atom. The number of hydrogen-bond donors (Lipinski definition) is 1. The van der Waals surface area contributed by atoms with E-state index in [0.717, 1.165) is 5.39 Å². The Kier molecular flexibility index (Phi) is 2.59. The number of pyridine rings is 1. The fraction of sp³-hybridized carbons (Fsp3) is 0. The van der Waals surface area contributed by atoms with Crippen LogP contribution in [0.4, 0.5) is 0 Å². The highest BCUT2D eigenvalue weighted by Crippen LogP contribution is 2.38. The summed E-state index contributed by atoms with van der Waals surface area (Å²) < 4.78 is 1.31. The first-order chi connectivity index (χ1) is 13.7. The Morgan fingerprint density at radius 1 is 1.00 bits per heavy atom. The van der Waals surface area contributed by atoms with Crippen molar-refractivity contribution in [1.82, 2.24) is 19.6 Å². The number of hydrogen-bond acceptors (Lipinski definition) is 5. The number of benzene rings is 2. The number of rotatable bonds is 0. The molecular weight excluding hydrogens is 354 g/mol. The molecule has 0 atom stereocenters. The zero-order chi connectivity index (χ0) is 19.0. The van der Waals surface area contributed by atoms with Gasteiger partial charge in [-0.25, -0.2) is 9.50 Å². The van der Waals surface area contributed by atoms with Crippen LogP contribution in [0.15, 0.2) is 53.3 Å². The first-order valence-corrected chi connectivity index (χ1v) is 8.60. The van der Waals surface area contributed by atoms with Crippen LogP contribution in [0.5, 0.6) is 0 Å². The molecule has 0 fully saturated rings. The quantitative estimate of drug-likeness (QED) is 0.447. The molecule has 130 valence electrons. The topological polar surface area (TPSA) is 104 Å². The molecule has 28 heavy (non-hydrogen) atoms. The van der Waals surface area contributed by atoms with Gasteiger partial charge < -0.3 is 4.98 Å². The number of nitriles is 1. The fourth-order valence-corrected chi connectivity index (χ4v) is 3.96. The smallest absolute Gasteiger partial charge is 0.261 e. The molecular formula is C21H9N5O2. The van der Waals surface area contributed by atoms with E-state index < -0.39 is 0 Å². The molecule has 1 N–H and O–H groups in total. The number of carbonyl (C=O) groups excluding carboxylic acids is 1. The summed E-state index contributed by atoms with van der Waals surface area (Å²) in [6.07, 6.45) is 0. The van der Waals surface area contributed by atoms with Crippen LogP contribution < -0.4 is 5.56 Å². The molecule has 7 heteroatoms. The van der Waals surface area contributed by atoms with Gasteiger partial charge in [0.25, 0.3) is 5.56 Å². The standard InChI is InChI=1S/C21H9N5O2/c22-9-14-15-17(10-5-1-2-6-11(10)19(15)27)24-20-16-18(25-26(14)20)12-7-3-4-8-13(12)23-21(16)28/h1-8H,(H,23,28). The van der Waals surface area contributed by atoms with E-state index in [1.807, 2.05) is 24.3 Å². The van der Waals surface area contributed by atoms with Gasteiger partial charge in [-0.3, -0.25) is 9.59 Å². The van der Waals surface area contributed by atoms with Crippen molar-refractivity contribution in [2.24, 2.45) is 0 Å². The average molecular weight is 363 g/mol. The van der Waals surface area contributed by atoms with E-state index in [9.17, 15) is 14.9 Å². The second-order valence-corrected chi connectivity index (χ2v) is 6.63. The van der Waals surface area contributed by atoms with E-state index in [-0.39, 0.29) is 28.2 Å². The first kappa shape index (κ1) is 14.8. The highest BCUT2D eigenvalue weighted by molar-refractivity contribution is 6.22. The predicted octanol–water partition coefficient (Wildman–Crippen LogP) is 2.81. The van der Waals surface area contributed by atoms with Crippen molar-refractivity contribution >= 4 is 33.2 Å². The summed E-state index contributed by atoms with van der Waals surface area (Å²) in [6, 6.07) is 16.5. The molecule has 6 rings (SSSR count). The van der Waals surface area contributed by atoms with Gasteiger partial charge in [0.2, 0.25) is 0 Å². The number of fused-ring (bicyclic) bond motifs is 8. The second-order valence-electron chi connectivity index (χ2n) is 6.63. The number of nitrogens with one attached hydrogen (secondary N) is 1. The highest BCUT2D eigenvalue weighted by atomic mass is 16.1. The van der Waals surface area contributed by atoms with E-state index in [2.05, 4.69) is 21.1 Å². The molecule has 0 unspecified atom stereocenters. The van der Waals surface area contributed by atoms with E-state index in [4.69, 9.17) is 0 Å². The number of H-pyrrole nitrogens is 1. The van der Waals surface area contributed by atoms with E-state index in [0.29, 0.717) is 33.2 Å². The van der Waals surface area contributed by atoms with E-state index in [1.54, 1.807) is 24.3 Å². The van der Waals surface area contributed by atoms with Crippen LogP contribution in [0.2, 0.25) is 0 Å². The minimum Gasteiger partial charge on any atom is -0.321 e. The number of aromatic amines is 1. The third kappa shape index (κ3) is 1.62. The van der Waals surface area contributed by atoms with Crippen molar-refractivity contribution in [1.29, 1.82) is 5.26 Å². The maximum atomic E-state index is 12.9. The minimum absolute atomic E-state index is 0.0841. The van der Waals surface area contributed by atoms with Crippen LogP contribution in [0, 0.1) is 11.3 Å². The zero-order valence-electron chi connectivity index (χ0n) is 14.2. The number of aromatic nitrogens is 4. The lowest BCUT2D eigenvalue weighted by molar-refractivity contribution is 0.104. The van der Waals surface area contributed by atoms with Crippen molar-refractivity contribution in [3.8, 4) is 17.3 Å². The maximum Gasteiger partial charge on any atom is 0.261 e. The van der Waals surface area contributed by atoms with Gasteiger partial charge in [0, 0.05) is 16.5 Å². The zero-order valence-corrected chi connectivity index (χ0v) is 14.2. The Morgan fingerprint density at radius 2 is 1.75 bits per heavy atom. The lowest BCUT2D eigenvalue weighted by atomic mass is 10.1. The molecule has 5 aromatic rings. The number of carbonyl (C=O) groups is 1. The van der Waals surface area contributed by atoms with E-state index >= 15 is 0 Å². The van der Waals surface area contributed by atoms with Gasteiger partial charge >= 0.3 is 0 Å². The third-order valence-electron chi connectivity index (χ3n) is 5.18. The molecule has 0 amide bonds. The molecule has 0 saturated carbocycles. The van der Waals surface area contributed by atoms with Gasteiger partial charge in [0.15, 0.2) is 17.1 Å². The molecule has 3 heterocycles. The summed E-state index contributed by atoms with van der Waals surface area (Å²) >= 11 is 0. The van der Waals surface area contributed by atoms with Crippen LogP contribution in [0.1, 0.15) is 21.6 Å². The monoisotopic (exact) mass is 363 g/mol. The maximum absolute atomic E-state index is 12.9. The van der Waals surface area contributed by atoms with Crippen molar-refractivity contribution in [2.75, 3.05) is 0 Å². The summed E-state index contributed by atoms with van der Waals surface area (Å²) in [5.41, 5.74) is 2.92. The summed E-state index contributed by atoms with van der Waals surface area (Å²) in [4.78, 5) is 33.2. The van der Waals surface area contributed by atoms with Crippen LogP contribution in [0.3, 0.4) is 0 Å². The largest absolute Gasteiger partial charge is 0.321 e. The molecule has 7 nitrogen and oxygen atoms in total. The van der Waals surface area contributed by atoms with Gasteiger partial charge in [-0.2, -0.15) is 10.4 Å². The predicted molar refractivity (Wildman–Crippen MR) is 102 cm³/mol. The second kappa shape index (κ2) is 4.90. The molecule has 0 spiro atoms. The van der Waals surface area contributed by atoms with E-state index in [1.165, 1.54) is 4.52 Å². The molecule has 2 aromatic carbocycles. The molecule has 1 aliphatic carbocycles. The van der Waals surface area contributed by atoms with Crippen LogP contribution in [0.25, 0.3) is 38.7 Å². The Bertz CT molecular complexity index is 1620. The number of ketones is 1. The summed E-state index contributed by atoms with van der Waals surface area (Å²) in [7, 11) is 0. The van der Waals surface area contributed by atoms with Crippen molar-refractivity contribution < 1.29 is 4.79 Å². The SMILES string of the molecule is N#Cc1c2c(nc3c4c(=O)[nH]c5ccccc5c4nn13)-c1ccccc1C2=O. The molecule has 0 aliphatic heterocycles. The highest BCUT2D eigenvalue weighted by Gasteiger charge is 2.33. The molecule has 3 aromatic heterocycles. The van der Waals surface area contributed by atoms with Gasteiger partial charge in [0.05, 0.1) is 16.8 Å². The molecule has 0 bridgehead atoms. The van der Waals surface area contributed by atoms with Gasteiger partial charge in [0.1, 0.15) is 17.0 Å². The summed E-state index contributed by atoms with van der Waals surface area (Å²) in [5, 5.41) is 15.4. The van der Waals surface area contributed by atoms with Gasteiger partial charge in [-0.1, -0.05) is 42.5 Å². The Hall–Kier alpha value is -4.31. The third-order valence-corrected chi connectivity index (χ3v) is 5.18. The fourth-order valence-electron chi connectivity index (χ4n) is 3.96. The minimum atomic E-state index is -0.336. The molecule has 0 saturated heterocycles. The Labute approximate surface area is 156 Å². The lowest BCUT2D eigenvalue weighted by Gasteiger charge is -2.03. The van der Waals surface area contributed by atoms with Crippen molar-refractivity contribution in [2.45, 2.75) is 0 Å². The van der Waals surface area contributed by atoms with Gasteiger partial charge in [-0.15, -0.1) is 0 Å². The van der Waals surface area contributed by atoms with Crippen molar-refractivity contribution in [3.05, 3.63) is 75.7 Å². The summed E-state index contributed by atoms with van der Waals surface area (Å²) in [5.74, 6) is -0.255. The number of para-hydroxylation sites is 1. The van der Waals surface area contributed by atoms with Crippen LogP contribution in [-0.4, -0.2) is 25.4 Å². The Balaban J connectivity index is 1.89. The number of nitrogens with zero attached hydrogens (tertiary/aromatic N) is 4. The first-order valence-electron chi connectivity index (χ1n) is 8.60. The van der Waals surface area contributed by atoms with Crippen molar-refractivity contribution in [3.63, 3.8) is 0 Å². The molecule has 1 aliphatic rings. The van der Waals surface area contributed by atoms with Crippen LogP contribution >= 0.6 is 0 Å². The average Bonchev–Trinajstić information content (AvgIpc) is 3.24. The molecule has 0 radical (unpaired) electrons. The lowest BCUT2D eigenvalue weighted by Crippen LogP contribution is -2.08. The summed E-state index contributed by atoms with van der Waals surface area (Å²) in [6.45, 7) is 0. The van der Waals surface area contributed by atoms with Gasteiger partial charge in [-0.05, 0) is 6.07 Å². The van der Waals surface area contributed by atoms with Crippen LogP contribution in [-0.2, 0) is 0 Å². The normalized spacial score (nSPS) is 12.5.